The van der Waals surface area contributed by atoms with E-state index in [-0.39, 0.29) is 22.7 Å². The highest BCUT2D eigenvalue weighted by molar-refractivity contribution is 7.92. The Morgan fingerprint density at radius 2 is 1.73 bits per heavy atom. The highest BCUT2D eigenvalue weighted by atomic mass is 35.5. The van der Waals surface area contributed by atoms with Crippen molar-refractivity contribution >= 4 is 33.2 Å². The van der Waals surface area contributed by atoms with E-state index < -0.39 is 43.9 Å². The van der Waals surface area contributed by atoms with Crippen LogP contribution in [0.1, 0.15) is 15.9 Å². The van der Waals surface area contributed by atoms with Crippen molar-refractivity contribution in [2.24, 2.45) is 0 Å². The summed E-state index contributed by atoms with van der Waals surface area (Å²) in [4.78, 5) is 11.9. The maximum Gasteiger partial charge on any atom is 0.265 e. The van der Waals surface area contributed by atoms with Gasteiger partial charge in [0, 0.05) is 23.7 Å². The molecule has 10 heteroatoms. The summed E-state index contributed by atoms with van der Waals surface area (Å²) >= 11 is 5.90. The van der Waals surface area contributed by atoms with Gasteiger partial charge in [0.1, 0.15) is 16.5 Å². The lowest BCUT2D eigenvalue weighted by Crippen LogP contribution is -2.23. The molecule has 1 aliphatic rings. The van der Waals surface area contributed by atoms with Crippen LogP contribution >= 0.6 is 11.6 Å². The minimum Gasteiger partial charge on any atom is -0.505 e. The van der Waals surface area contributed by atoms with Gasteiger partial charge >= 0.3 is 0 Å². The number of sulfonamides is 1. The van der Waals surface area contributed by atoms with Crippen LogP contribution in [0.3, 0.4) is 0 Å². The number of rotatable bonds is 0. The predicted octanol–water partition coefficient (Wildman–Crippen LogP) is 4.04. The van der Waals surface area contributed by atoms with Gasteiger partial charge in [-0.3, -0.25) is 9.52 Å². The topological polar surface area (TPSA) is 95.5 Å². The van der Waals surface area contributed by atoms with Crippen LogP contribution in [-0.2, 0) is 16.6 Å². The number of fused-ring (bicyclic) bond motifs is 6. The number of aromatic hydroxyl groups is 1. The first-order valence-corrected chi connectivity index (χ1v) is 10.4. The smallest absolute Gasteiger partial charge is 0.265 e. The quantitative estimate of drug-likeness (QED) is 0.482. The molecule has 0 atom stereocenters. The Morgan fingerprint density at radius 3 is 2.50 bits per heavy atom. The number of nitrogens with one attached hydrogen (secondary N) is 2. The van der Waals surface area contributed by atoms with Gasteiger partial charge in [0.25, 0.3) is 15.9 Å². The summed E-state index contributed by atoms with van der Waals surface area (Å²) in [5, 5.41) is 12.4. The zero-order valence-electron chi connectivity index (χ0n) is 15.0. The molecule has 3 aromatic carbocycles. The Bertz CT molecular complexity index is 1310. The van der Waals surface area contributed by atoms with Gasteiger partial charge in [0.15, 0.2) is 5.75 Å². The van der Waals surface area contributed by atoms with Crippen LogP contribution in [0.4, 0.5) is 14.5 Å². The highest BCUT2D eigenvalue weighted by Gasteiger charge is 2.26. The molecule has 0 radical (unpaired) electrons. The first-order valence-electron chi connectivity index (χ1n) is 8.58. The highest BCUT2D eigenvalue weighted by Crippen LogP contribution is 2.36. The molecular formula is C20H13ClF2N2O4S. The SMILES string of the molecule is O=C1NCc2ccccc2-c2cc(c(F)cc2F)NS(=O)(=O)c2cc1cc(Cl)c2O. The second kappa shape index (κ2) is 7.26. The van der Waals surface area contributed by atoms with E-state index >= 15 is 0 Å². The van der Waals surface area contributed by atoms with E-state index in [4.69, 9.17) is 11.6 Å². The van der Waals surface area contributed by atoms with Gasteiger partial charge in [-0.2, -0.15) is 0 Å². The van der Waals surface area contributed by atoms with Crippen molar-refractivity contribution in [2.45, 2.75) is 11.4 Å². The number of hydrogen-bond acceptors (Lipinski definition) is 4. The fourth-order valence-electron chi connectivity index (χ4n) is 3.16. The molecule has 30 heavy (non-hydrogen) atoms. The number of phenolic OH excluding ortho intramolecular Hbond substituents is 1. The van der Waals surface area contributed by atoms with E-state index in [1.807, 2.05) is 4.72 Å². The lowest BCUT2D eigenvalue weighted by Gasteiger charge is -2.14. The van der Waals surface area contributed by atoms with Gasteiger partial charge in [0.2, 0.25) is 0 Å². The van der Waals surface area contributed by atoms with Crippen LogP contribution in [0.25, 0.3) is 11.1 Å². The van der Waals surface area contributed by atoms with Crippen molar-refractivity contribution < 1.29 is 27.1 Å². The lowest BCUT2D eigenvalue weighted by atomic mass is 9.98. The standard InChI is InChI=1S/C20H13ClF2N2O4S/c21-14-5-11-6-18(19(14)26)30(28,29)25-17-7-13(15(22)8-16(17)23)12-4-2-1-3-10(12)9-24-20(11)27/h1-8,25-26H,9H2,(H,24,27). The summed E-state index contributed by atoms with van der Waals surface area (Å²) in [6, 6.07) is 10.1. The van der Waals surface area contributed by atoms with Crippen LogP contribution in [0, 0.1) is 11.6 Å². The summed E-state index contributed by atoms with van der Waals surface area (Å²) in [7, 11) is -4.57. The molecule has 0 aromatic heterocycles. The van der Waals surface area contributed by atoms with Gasteiger partial charge in [-0.1, -0.05) is 35.9 Å². The maximum atomic E-state index is 14.6. The molecule has 3 aromatic rings. The van der Waals surface area contributed by atoms with E-state index in [1.54, 1.807) is 24.3 Å². The number of phenols is 1. The summed E-state index contributed by atoms with van der Waals surface area (Å²) in [6.45, 7) is -0.0187. The molecule has 0 saturated heterocycles. The second-order valence-electron chi connectivity index (χ2n) is 6.56. The van der Waals surface area contributed by atoms with Gasteiger partial charge in [-0.15, -0.1) is 0 Å². The van der Waals surface area contributed by atoms with Gasteiger partial charge in [-0.05, 0) is 29.3 Å². The molecule has 0 aliphatic carbocycles. The summed E-state index contributed by atoms with van der Waals surface area (Å²) < 4.78 is 56.6. The van der Waals surface area contributed by atoms with Crippen molar-refractivity contribution in [3.63, 3.8) is 0 Å². The van der Waals surface area contributed by atoms with E-state index in [0.29, 0.717) is 17.2 Å². The third kappa shape index (κ3) is 3.46. The lowest BCUT2D eigenvalue weighted by molar-refractivity contribution is 0.0950. The first-order chi connectivity index (χ1) is 14.2. The molecule has 0 spiro atoms. The molecule has 1 amide bonds. The Labute approximate surface area is 175 Å². The van der Waals surface area contributed by atoms with Crippen LogP contribution in [-0.4, -0.2) is 19.4 Å². The molecular weight excluding hydrogens is 438 g/mol. The van der Waals surface area contributed by atoms with Gasteiger partial charge < -0.3 is 10.4 Å². The number of carbonyl (C=O) groups is 1. The zero-order valence-corrected chi connectivity index (χ0v) is 16.6. The Morgan fingerprint density at radius 1 is 1.00 bits per heavy atom. The molecule has 0 fully saturated rings. The Hall–Kier alpha value is -3.17. The van der Waals surface area contributed by atoms with Crippen molar-refractivity contribution in [3.05, 3.63) is 76.3 Å². The van der Waals surface area contributed by atoms with Crippen LogP contribution in [0.5, 0.6) is 5.75 Å². The van der Waals surface area contributed by atoms with E-state index in [2.05, 4.69) is 5.32 Å². The molecule has 4 bridgehead atoms. The van der Waals surface area contributed by atoms with E-state index in [1.165, 1.54) is 0 Å². The predicted molar refractivity (Wildman–Crippen MR) is 107 cm³/mol. The number of halogens is 3. The Kier molecular flexibility index (Phi) is 4.87. The molecule has 0 unspecified atom stereocenters. The van der Waals surface area contributed by atoms with Crippen molar-refractivity contribution in [2.75, 3.05) is 4.72 Å². The largest absolute Gasteiger partial charge is 0.505 e. The number of benzene rings is 3. The molecule has 0 saturated carbocycles. The van der Waals surface area contributed by atoms with Crippen molar-refractivity contribution in [3.8, 4) is 16.9 Å². The van der Waals surface area contributed by atoms with E-state index in [9.17, 15) is 27.1 Å². The fraction of sp³-hybridized carbons (Fsp3) is 0.0500. The first kappa shape index (κ1) is 20.1. The second-order valence-corrected chi connectivity index (χ2v) is 8.62. The number of amides is 1. The molecule has 1 heterocycles. The molecule has 4 rings (SSSR count). The minimum absolute atomic E-state index is 0.0187. The fourth-order valence-corrected chi connectivity index (χ4v) is 4.64. The maximum absolute atomic E-state index is 14.6. The molecule has 6 nitrogen and oxygen atoms in total. The molecule has 154 valence electrons. The van der Waals surface area contributed by atoms with E-state index in [0.717, 1.165) is 18.2 Å². The zero-order chi connectivity index (χ0) is 21.6. The third-order valence-corrected chi connectivity index (χ3v) is 6.30. The van der Waals surface area contributed by atoms with Gasteiger partial charge in [0.05, 0.1) is 10.7 Å². The van der Waals surface area contributed by atoms with Gasteiger partial charge in [-0.25, -0.2) is 17.2 Å². The van der Waals surface area contributed by atoms with Crippen LogP contribution in [0.15, 0.2) is 53.4 Å². The minimum atomic E-state index is -4.57. The average Bonchev–Trinajstić information content (AvgIpc) is 2.70. The third-order valence-electron chi connectivity index (χ3n) is 4.63. The van der Waals surface area contributed by atoms with Crippen molar-refractivity contribution in [1.29, 1.82) is 0 Å². The summed E-state index contributed by atoms with van der Waals surface area (Å²) in [5.74, 6) is -3.53. The average molecular weight is 451 g/mol. The summed E-state index contributed by atoms with van der Waals surface area (Å²) in [6.07, 6.45) is 0. The number of hydrogen-bond donors (Lipinski definition) is 3. The monoisotopic (exact) mass is 450 g/mol. The number of carbonyl (C=O) groups excluding carboxylic acids is 1. The van der Waals surface area contributed by atoms with Crippen LogP contribution in [0.2, 0.25) is 5.02 Å². The molecule has 1 aliphatic heterocycles. The molecule has 3 N–H and O–H groups in total. The van der Waals surface area contributed by atoms with Crippen molar-refractivity contribution in [1.82, 2.24) is 5.32 Å². The normalized spacial score (nSPS) is 15.0. The summed E-state index contributed by atoms with van der Waals surface area (Å²) in [5.41, 5.74) is 0.151. The number of anilines is 1. The van der Waals surface area contributed by atoms with Crippen LogP contribution < -0.4 is 10.0 Å². The Balaban J connectivity index is 2.01.